The van der Waals surface area contributed by atoms with Crippen LogP contribution in [0, 0.1) is 19.8 Å². The maximum absolute atomic E-state index is 5.70. The summed E-state index contributed by atoms with van der Waals surface area (Å²) in [6.07, 6.45) is 2.13. The molecule has 1 rings (SSSR count). The average Bonchev–Trinajstić information content (AvgIpc) is 2.40. The smallest absolute Gasteiger partial charge is 0.122 e. The van der Waals surface area contributed by atoms with Crippen LogP contribution in [0.4, 0.5) is 0 Å². The van der Waals surface area contributed by atoms with Crippen molar-refractivity contribution in [3.05, 3.63) is 28.8 Å². The van der Waals surface area contributed by atoms with E-state index in [0.717, 1.165) is 38.2 Å². The molecule has 1 unspecified atom stereocenters. The first-order valence-electron chi connectivity index (χ1n) is 7.17. The monoisotopic (exact) mass is 264 g/mol. The van der Waals surface area contributed by atoms with Crippen LogP contribution in [0.3, 0.4) is 0 Å². The number of hydrogen-bond donors (Lipinski definition) is 2. The van der Waals surface area contributed by atoms with Crippen LogP contribution in [0.1, 0.15) is 30.0 Å². The molecule has 0 amide bonds. The number of rotatable bonds is 8. The van der Waals surface area contributed by atoms with Gasteiger partial charge in [-0.3, -0.25) is 0 Å². The van der Waals surface area contributed by atoms with E-state index in [1.807, 2.05) is 0 Å². The molecule has 0 aromatic heterocycles. The highest BCUT2D eigenvalue weighted by Crippen LogP contribution is 2.24. The second kappa shape index (κ2) is 8.18. The van der Waals surface area contributed by atoms with Gasteiger partial charge >= 0.3 is 0 Å². The molecule has 3 nitrogen and oxygen atoms in total. The third-order valence-corrected chi connectivity index (χ3v) is 3.69. The van der Waals surface area contributed by atoms with Crippen molar-refractivity contribution in [1.29, 1.82) is 0 Å². The summed E-state index contributed by atoms with van der Waals surface area (Å²) in [6, 6.07) is 4.32. The van der Waals surface area contributed by atoms with Crippen molar-refractivity contribution in [3.8, 4) is 5.75 Å². The number of ether oxygens (including phenoxy) is 1. The molecular formula is C16H28N2O. The van der Waals surface area contributed by atoms with Gasteiger partial charge in [-0.25, -0.2) is 0 Å². The van der Waals surface area contributed by atoms with Gasteiger partial charge in [0.15, 0.2) is 0 Å². The van der Waals surface area contributed by atoms with Crippen LogP contribution in [0.15, 0.2) is 12.1 Å². The summed E-state index contributed by atoms with van der Waals surface area (Å²) in [4.78, 5) is 0. The molecule has 108 valence electrons. The third kappa shape index (κ3) is 4.84. The summed E-state index contributed by atoms with van der Waals surface area (Å²) >= 11 is 0. The van der Waals surface area contributed by atoms with Gasteiger partial charge in [-0.2, -0.15) is 0 Å². The normalized spacial score (nSPS) is 12.5. The van der Waals surface area contributed by atoms with Gasteiger partial charge in [0.05, 0.1) is 7.11 Å². The number of aryl methyl sites for hydroxylation is 2. The lowest BCUT2D eigenvalue weighted by Gasteiger charge is -2.15. The van der Waals surface area contributed by atoms with Gasteiger partial charge in [0.1, 0.15) is 5.75 Å². The molecule has 0 fully saturated rings. The Morgan fingerprint density at radius 3 is 2.63 bits per heavy atom. The number of nitrogens with two attached hydrogens (primary N) is 1. The van der Waals surface area contributed by atoms with Crippen molar-refractivity contribution >= 4 is 0 Å². The Labute approximate surface area is 117 Å². The molecule has 1 aromatic carbocycles. The minimum absolute atomic E-state index is 0.584. The molecule has 0 saturated heterocycles. The van der Waals surface area contributed by atoms with Gasteiger partial charge in [0, 0.05) is 0 Å². The number of nitrogens with one attached hydrogen (secondary N) is 1. The van der Waals surface area contributed by atoms with Crippen LogP contribution in [0.25, 0.3) is 0 Å². The van der Waals surface area contributed by atoms with Gasteiger partial charge in [-0.05, 0) is 68.6 Å². The predicted molar refractivity (Wildman–Crippen MR) is 81.9 cm³/mol. The quantitative estimate of drug-likeness (QED) is 0.709. The van der Waals surface area contributed by atoms with Crippen molar-refractivity contribution in [2.45, 2.75) is 33.6 Å². The van der Waals surface area contributed by atoms with Crippen LogP contribution in [-0.4, -0.2) is 26.7 Å². The van der Waals surface area contributed by atoms with Gasteiger partial charge in [0.25, 0.3) is 0 Å². The lowest BCUT2D eigenvalue weighted by Crippen LogP contribution is -2.29. The number of benzene rings is 1. The highest BCUT2D eigenvalue weighted by atomic mass is 16.5. The highest BCUT2D eigenvalue weighted by Gasteiger charge is 2.08. The van der Waals surface area contributed by atoms with E-state index < -0.39 is 0 Å². The summed E-state index contributed by atoms with van der Waals surface area (Å²) in [5.74, 6) is 1.59. The molecule has 1 atom stereocenters. The largest absolute Gasteiger partial charge is 0.496 e. The molecule has 3 heteroatoms. The molecule has 0 radical (unpaired) electrons. The molecule has 0 heterocycles. The zero-order valence-corrected chi connectivity index (χ0v) is 12.8. The summed E-state index contributed by atoms with van der Waals surface area (Å²) < 4.78 is 5.48. The van der Waals surface area contributed by atoms with Crippen molar-refractivity contribution < 1.29 is 4.74 Å². The zero-order valence-electron chi connectivity index (χ0n) is 12.8. The van der Waals surface area contributed by atoms with Gasteiger partial charge in [-0.1, -0.05) is 19.4 Å². The molecule has 0 aliphatic heterocycles. The fourth-order valence-electron chi connectivity index (χ4n) is 2.37. The van der Waals surface area contributed by atoms with Crippen LogP contribution in [-0.2, 0) is 6.42 Å². The fraction of sp³-hybridized carbons (Fsp3) is 0.625. The minimum atomic E-state index is 0.584. The topological polar surface area (TPSA) is 47.3 Å². The number of hydrogen-bond acceptors (Lipinski definition) is 3. The van der Waals surface area contributed by atoms with Gasteiger partial charge in [-0.15, -0.1) is 0 Å². The fourth-order valence-corrected chi connectivity index (χ4v) is 2.37. The van der Waals surface area contributed by atoms with E-state index in [9.17, 15) is 0 Å². The zero-order chi connectivity index (χ0) is 14.3. The molecule has 0 bridgehead atoms. The standard InChI is InChI=1S/C16H28N2O/c1-5-14(10-17)11-18-7-6-15-13(3)8-12(2)9-16(15)19-4/h8-9,14,18H,5-7,10-11,17H2,1-4H3. The average molecular weight is 264 g/mol. The molecule has 0 spiro atoms. The van der Waals surface area contributed by atoms with Crippen LogP contribution >= 0.6 is 0 Å². The summed E-state index contributed by atoms with van der Waals surface area (Å²) in [5, 5.41) is 3.49. The SMILES string of the molecule is CCC(CN)CNCCc1c(C)cc(C)cc1OC. The number of methoxy groups -OCH3 is 1. The Balaban J connectivity index is 2.53. The molecule has 0 aliphatic carbocycles. The maximum atomic E-state index is 5.70. The van der Waals surface area contributed by atoms with Crippen molar-refractivity contribution in [2.24, 2.45) is 11.7 Å². The molecule has 19 heavy (non-hydrogen) atoms. The Morgan fingerprint density at radius 1 is 1.32 bits per heavy atom. The van der Waals surface area contributed by atoms with E-state index in [-0.39, 0.29) is 0 Å². The highest BCUT2D eigenvalue weighted by molar-refractivity contribution is 5.43. The van der Waals surface area contributed by atoms with Crippen molar-refractivity contribution in [1.82, 2.24) is 5.32 Å². The Kier molecular flexibility index (Phi) is 6.89. The lowest BCUT2D eigenvalue weighted by atomic mass is 10.0. The van der Waals surface area contributed by atoms with Crippen molar-refractivity contribution in [2.75, 3.05) is 26.7 Å². The molecule has 0 aliphatic rings. The first-order chi connectivity index (χ1) is 9.12. The van der Waals surface area contributed by atoms with Gasteiger partial charge in [0.2, 0.25) is 0 Å². The van der Waals surface area contributed by atoms with Crippen LogP contribution in [0.2, 0.25) is 0 Å². The molecular weight excluding hydrogens is 236 g/mol. The van der Waals surface area contributed by atoms with E-state index in [1.165, 1.54) is 16.7 Å². The molecule has 3 N–H and O–H groups in total. The second-order valence-corrected chi connectivity index (χ2v) is 5.23. The predicted octanol–water partition coefficient (Wildman–Crippen LogP) is 2.43. The molecule has 1 aromatic rings. The first kappa shape index (κ1) is 16.0. The summed E-state index contributed by atoms with van der Waals surface area (Å²) in [6.45, 7) is 9.17. The van der Waals surface area contributed by atoms with Crippen LogP contribution < -0.4 is 15.8 Å². The van der Waals surface area contributed by atoms with E-state index in [4.69, 9.17) is 10.5 Å². The maximum Gasteiger partial charge on any atom is 0.122 e. The summed E-state index contributed by atoms with van der Waals surface area (Å²) in [7, 11) is 1.74. The Hall–Kier alpha value is -1.06. The first-order valence-corrected chi connectivity index (χ1v) is 7.17. The lowest BCUT2D eigenvalue weighted by molar-refractivity contribution is 0.407. The summed E-state index contributed by atoms with van der Waals surface area (Å²) in [5.41, 5.74) is 9.57. The van der Waals surface area contributed by atoms with E-state index in [2.05, 4.69) is 38.2 Å². The van der Waals surface area contributed by atoms with E-state index >= 15 is 0 Å². The third-order valence-electron chi connectivity index (χ3n) is 3.69. The Bertz CT molecular complexity index is 387. The van der Waals surface area contributed by atoms with Crippen LogP contribution in [0.5, 0.6) is 5.75 Å². The van der Waals surface area contributed by atoms with E-state index in [0.29, 0.717) is 5.92 Å². The Morgan fingerprint density at radius 2 is 2.05 bits per heavy atom. The van der Waals surface area contributed by atoms with Crippen molar-refractivity contribution in [3.63, 3.8) is 0 Å². The second-order valence-electron chi connectivity index (χ2n) is 5.23. The van der Waals surface area contributed by atoms with Gasteiger partial charge < -0.3 is 15.8 Å². The minimum Gasteiger partial charge on any atom is -0.496 e. The molecule has 0 saturated carbocycles. The van der Waals surface area contributed by atoms with E-state index in [1.54, 1.807) is 7.11 Å².